The van der Waals surface area contributed by atoms with Gasteiger partial charge in [-0.25, -0.2) is 19.3 Å². The normalized spacial score (nSPS) is 13.8. The molecular formula is C35H24N4O4. The third kappa shape index (κ3) is 4.15. The molecule has 1 atom stereocenters. The molecule has 208 valence electrons. The highest BCUT2D eigenvalue weighted by molar-refractivity contribution is 5.87. The zero-order chi connectivity index (χ0) is 28.9. The van der Waals surface area contributed by atoms with Crippen LogP contribution in [0.3, 0.4) is 0 Å². The van der Waals surface area contributed by atoms with Gasteiger partial charge in [-0.2, -0.15) is 0 Å². The van der Waals surface area contributed by atoms with Crippen molar-refractivity contribution >= 4 is 16.6 Å². The Kier molecular flexibility index (Phi) is 5.78. The maximum atomic E-state index is 13.6. The number of benzene rings is 4. The minimum atomic E-state index is -0.566. The average Bonchev–Trinajstić information content (AvgIpc) is 3.50. The van der Waals surface area contributed by atoms with Crippen LogP contribution in [0.1, 0.15) is 29.5 Å². The minimum Gasteiger partial charge on any atom is -0.494 e. The molecule has 0 spiro atoms. The van der Waals surface area contributed by atoms with E-state index in [0.29, 0.717) is 51.8 Å². The average molecular weight is 565 g/mol. The van der Waals surface area contributed by atoms with Crippen molar-refractivity contribution in [1.29, 1.82) is 0 Å². The molecule has 4 aromatic carbocycles. The molecule has 0 bridgehead atoms. The van der Waals surface area contributed by atoms with E-state index in [1.54, 1.807) is 16.9 Å². The lowest BCUT2D eigenvalue weighted by atomic mass is 9.84. The molecular weight excluding hydrogens is 540 g/mol. The second-order valence-electron chi connectivity index (χ2n) is 10.3. The van der Waals surface area contributed by atoms with Crippen molar-refractivity contribution in [2.24, 2.45) is 0 Å². The zero-order valence-electron chi connectivity index (χ0n) is 23.1. The first-order valence-electron chi connectivity index (χ1n) is 14.1. The second-order valence-corrected chi connectivity index (χ2v) is 10.3. The molecule has 0 fully saturated rings. The summed E-state index contributed by atoms with van der Waals surface area (Å²) >= 11 is 0. The van der Waals surface area contributed by atoms with Crippen LogP contribution in [-0.4, -0.2) is 26.2 Å². The first kappa shape index (κ1) is 25.0. The van der Waals surface area contributed by atoms with Crippen molar-refractivity contribution in [2.45, 2.75) is 12.8 Å². The number of aromatic nitrogens is 4. The third-order valence-electron chi connectivity index (χ3n) is 7.74. The molecule has 43 heavy (non-hydrogen) atoms. The number of rotatable bonds is 5. The fraction of sp³-hybridized carbons (Fsp3) is 0.0857. The number of para-hydroxylation sites is 1. The van der Waals surface area contributed by atoms with Crippen molar-refractivity contribution in [2.75, 3.05) is 6.61 Å². The van der Waals surface area contributed by atoms with Crippen molar-refractivity contribution in [3.8, 4) is 39.9 Å². The Morgan fingerprint density at radius 2 is 1.53 bits per heavy atom. The lowest BCUT2D eigenvalue weighted by molar-refractivity contribution is 0.340. The van der Waals surface area contributed by atoms with Gasteiger partial charge in [0.15, 0.2) is 17.2 Å². The summed E-state index contributed by atoms with van der Waals surface area (Å²) in [5, 5.41) is 5.45. The van der Waals surface area contributed by atoms with Crippen LogP contribution in [0.4, 0.5) is 0 Å². The molecule has 0 N–H and O–H groups in total. The summed E-state index contributed by atoms with van der Waals surface area (Å²) in [5.41, 5.74) is 5.50. The van der Waals surface area contributed by atoms with Crippen LogP contribution in [0.15, 0.2) is 119 Å². The van der Waals surface area contributed by atoms with Crippen LogP contribution in [0, 0.1) is 0 Å². The summed E-state index contributed by atoms with van der Waals surface area (Å²) in [5.74, 6) is 1.52. The summed E-state index contributed by atoms with van der Waals surface area (Å²) in [6.07, 6.45) is 1.59. The molecule has 0 saturated heterocycles. The summed E-state index contributed by atoms with van der Waals surface area (Å²) in [6, 6.07) is 33.4. The molecule has 1 aliphatic rings. The second kappa shape index (κ2) is 9.95. The maximum Gasteiger partial charge on any atom is 0.344 e. The van der Waals surface area contributed by atoms with E-state index in [0.717, 1.165) is 28.0 Å². The molecule has 0 saturated carbocycles. The van der Waals surface area contributed by atoms with Crippen molar-refractivity contribution in [3.05, 3.63) is 137 Å². The largest absolute Gasteiger partial charge is 0.494 e. The van der Waals surface area contributed by atoms with Crippen LogP contribution in [-0.2, 0) is 0 Å². The van der Waals surface area contributed by atoms with E-state index in [9.17, 15) is 4.79 Å². The van der Waals surface area contributed by atoms with Gasteiger partial charge >= 0.3 is 5.63 Å². The van der Waals surface area contributed by atoms with Gasteiger partial charge in [-0.3, -0.25) is 0 Å². The Morgan fingerprint density at radius 1 is 0.814 bits per heavy atom. The van der Waals surface area contributed by atoms with Crippen molar-refractivity contribution in [1.82, 2.24) is 19.6 Å². The summed E-state index contributed by atoms with van der Waals surface area (Å²) < 4.78 is 19.5. The SMILES string of the molecule is CCOc1ccc(C2c3c(c4ccccc4oc3=O)Oc3ncn4nc(-c5ccc(-c6ccccc6)cc5)nc4c32)cc1. The van der Waals surface area contributed by atoms with Gasteiger partial charge in [0, 0.05) is 5.56 Å². The van der Waals surface area contributed by atoms with E-state index >= 15 is 0 Å². The molecule has 8 heteroatoms. The topological polar surface area (TPSA) is 91.8 Å². The molecule has 3 aromatic heterocycles. The van der Waals surface area contributed by atoms with Crippen molar-refractivity contribution < 1.29 is 13.9 Å². The van der Waals surface area contributed by atoms with E-state index < -0.39 is 11.5 Å². The first-order chi connectivity index (χ1) is 21.2. The smallest absolute Gasteiger partial charge is 0.344 e. The Bertz CT molecular complexity index is 2190. The van der Waals surface area contributed by atoms with Crippen LogP contribution >= 0.6 is 0 Å². The van der Waals surface area contributed by atoms with Gasteiger partial charge in [0.2, 0.25) is 5.88 Å². The summed E-state index contributed by atoms with van der Waals surface area (Å²) in [4.78, 5) is 23.2. The van der Waals surface area contributed by atoms with Crippen molar-refractivity contribution in [3.63, 3.8) is 0 Å². The Balaban J connectivity index is 1.31. The van der Waals surface area contributed by atoms with Gasteiger partial charge in [0.25, 0.3) is 0 Å². The molecule has 7 aromatic rings. The van der Waals surface area contributed by atoms with Gasteiger partial charge in [-0.15, -0.1) is 5.10 Å². The number of fused-ring (bicyclic) bond motifs is 6. The summed E-state index contributed by atoms with van der Waals surface area (Å²) in [7, 11) is 0. The predicted molar refractivity (Wildman–Crippen MR) is 163 cm³/mol. The monoisotopic (exact) mass is 564 g/mol. The van der Waals surface area contributed by atoms with E-state index in [-0.39, 0.29) is 0 Å². The standard InChI is InChI=1S/C35H24N4O4/c1-2-41-25-18-16-23(17-19-25)28-29-31(26-10-6-7-11-27(26)42-35(29)40)43-34-30(28)33-37-32(38-39(33)20-36-34)24-14-12-22(13-15-24)21-8-4-3-5-9-21/h3-20,28H,2H2,1H3. The molecule has 1 unspecified atom stereocenters. The lowest BCUT2D eigenvalue weighted by Gasteiger charge is -2.27. The number of hydrogen-bond acceptors (Lipinski definition) is 7. The van der Waals surface area contributed by atoms with Gasteiger partial charge in [-0.05, 0) is 47.9 Å². The highest BCUT2D eigenvalue weighted by Gasteiger charge is 2.37. The van der Waals surface area contributed by atoms with Gasteiger partial charge in [0.1, 0.15) is 17.7 Å². The highest BCUT2D eigenvalue weighted by atomic mass is 16.5. The number of ether oxygens (including phenoxy) is 2. The number of nitrogens with zero attached hydrogens (tertiary/aromatic N) is 4. The highest BCUT2D eigenvalue weighted by Crippen LogP contribution is 2.49. The Hall–Kier alpha value is -5.76. The van der Waals surface area contributed by atoms with Crippen LogP contribution in [0.2, 0.25) is 0 Å². The maximum absolute atomic E-state index is 13.6. The van der Waals surface area contributed by atoms with Crippen LogP contribution < -0.4 is 15.1 Å². The van der Waals surface area contributed by atoms with Gasteiger partial charge < -0.3 is 13.9 Å². The fourth-order valence-electron chi connectivity index (χ4n) is 5.75. The molecule has 8 nitrogen and oxygen atoms in total. The molecule has 4 heterocycles. The van der Waals surface area contributed by atoms with Gasteiger partial charge in [0.05, 0.1) is 29.0 Å². The zero-order valence-corrected chi connectivity index (χ0v) is 23.1. The molecule has 0 amide bonds. The quantitative estimate of drug-likeness (QED) is 0.203. The molecule has 8 rings (SSSR count). The minimum absolute atomic E-state index is 0.369. The van der Waals surface area contributed by atoms with E-state index in [4.69, 9.17) is 24.0 Å². The Labute approximate surface area is 245 Å². The van der Waals surface area contributed by atoms with Gasteiger partial charge in [-0.1, -0.05) is 78.9 Å². The first-order valence-corrected chi connectivity index (χ1v) is 14.1. The fourth-order valence-corrected chi connectivity index (χ4v) is 5.75. The molecule has 0 aliphatic carbocycles. The Morgan fingerprint density at radius 3 is 2.33 bits per heavy atom. The number of hydrogen-bond donors (Lipinski definition) is 0. The summed E-state index contributed by atoms with van der Waals surface area (Å²) in [6.45, 7) is 2.49. The predicted octanol–water partition coefficient (Wildman–Crippen LogP) is 7.25. The molecule has 0 radical (unpaired) electrons. The van der Waals surface area contributed by atoms with Crippen LogP contribution in [0.25, 0.3) is 39.1 Å². The van der Waals surface area contributed by atoms with E-state index in [1.807, 2.05) is 79.7 Å². The van der Waals surface area contributed by atoms with E-state index in [1.165, 1.54) is 0 Å². The van der Waals surface area contributed by atoms with Crippen LogP contribution in [0.5, 0.6) is 17.4 Å². The van der Waals surface area contributed by atoms with E-state index in [2.05, 4.69) is 29.2 Å². The third-order valence-corrected chi connectivity index (χ3v) is 7.74. The molecule has 1 aliphatic heterocycles. The lowest BCUT2D eigenvalue weighted by Crippen LogP contribution is -2.22.